The van der Waals surface area contributed by atoms with Gasteiger partial charge in [-0.2, -0.15) is 0 Å². The molecule has 0 spiro atoms. The Balaban J connectivity index is 0.0000212. The lowest BCUT2D eigenvalue weighted by atomic mass is 9.77. The van der Waals surface area contributed by atoms with Crippen molar-refractivity contribution in [3.05, 3.63) is 48.2 Å². The molecule has 0 aliphatic carbocycles. The van der Waals surface area contributed by atoms with Crippen LogP contribution in [0, 0.1) is 0 Å². The van der Waals surface area contributed by atoms with Gasteiger partial charge in [-0.05, 0) is 37.8 Å². The van der Waals surface area contributed by atoms with Crippen LogP contribution in [0.5, 0.6) is 0 Å². The predicted octanol–water partition coefficient (Wildman–Crippen LogP) is 11.7. The second-order valence-electron chi connectivity index (χ2n) is 15.0. The quantitative estimate of drug-likeness (QED) is 0.0683. The maximum Gasteiger partial charge on any atom is 0.126 e. The highest BCUT2D eigenvalue weighted by Gasteiger charge is 2.36. The molecule has 0 unspecified atom stereocenters. The van der Waals surface area contributed by atoms with E-state index in [1.54, 1.807) is 11.1 Å². The number of hydrogen-bond donors (Lipinski definition) is 1. The summed E-state index contributed by atoms with van der Waals surface area (Å²) in [7, 11) is 0. The predicted molar refractivity (Wildman–Crippen MR) is 209 cm³/mol. The first-order valence-electron chi connectivity index (χ1n) is 21.3. The molecule has 0 aromatic heterocycles. The lowest BCUT2D eigenvalue weighted by Crippen LogP contribution is -3.00. The summed E-state index contributed by atoms with van der Waals surface area (Å²) in [6, 6.07) is 9.58. The van der Waals surface area contributed by atoms with E-state index in [0.29, 0.717) is 0 Å². The summed E-state index contributed by atoms with van der Waals surface area (Å²) < 4.78 is 0. The summed E-state index contributed by atoms with van der Waals surface area (Å²) in [5.41, 5.74) is 3.42. The zero-order valence-corrected chi connectivity index (χ0v) is 33.1. The molecule has 0 amide bonds. The molecule has 0 fully saturated rings. The van der Waals surface area contributed by atoms with Gasteiger partial charge in [0.2, 0.25) is 0 Å². The van der Waals surface area contributed by atoms with Crippen LogP contribution in [0.15, 0.2) is 37.0 Å². The summed E-state index contributed by atoms with van der Waals surface area (Å²) in [4.78, 5) is 0. The van der Waals surface area contributed by atoms with Crippen molar-refractivity contribution < 1.29 is 17.7 Å². The normalized spacial score (nSPS) is 11.6. The third kappa shape index (κ3) is 24.9. The van der Waals surface area contributed by atoms with E-state index in [9.17, 15) is 0 Å². The Bertz CT molecular complexity index is 749. The van der Waals surface area contributed by atoms with E-state index in [0.717, 1.165) is 0 Å². The molecule has 0 saturated heterocycles. The van der Waals surface area contributed by atoms with Crippen LogP contribution in [0.2, 0.25) is 0 Å². The summed E-state index contributed by atoms with van der Waals surface area (Å²) in [5.74, 6) is 0. The van der Waals surface area contributed by atoms with Gasteiger partial charge in [-0.25, -0.2) is 0 Å². The van der Waals surface area contributed by atoms with Crippen molar-refractivity contribution in [3.8, 4) is 0 Å². The van der Waals surface area contributed by atoms with Gasteiger partial charge in [0.15, 0.2) is 0 Å². The monoisotopic (exact) mass is 674 g/mol. The molecule has 2 N–H and O–H groups in total. The summed E-state index contributed by atoms with van der Waals surface area (Å²) in [5, 5.41) is 2.53. The van der Waals surface area contributed by atoms with Crippen LogP contribution < -0.4 is 17.7 Å². The zero-order valence-electron chi connectivity index (χ0n) is 32.4. The van der Waals surface area contributed by atoms with Crippen LogP contribution in [-0.2, 0) is 12.0 Å². The molecular formula is C45H84ClN. The first kappa shape index (κ1) is 46.2. The molecule has 0 aliphatic heterocycles. The molecule has 0 bridgehead atoms. The van der Waals surface area contributed by atoms with Crippen LogP contribution >= 0.6 is 0 Å². The Morgan fingerprint density at radius 3 is 1.15 bits per heavy atom. The molecular weight excluding hydrogens is 590 g/mol. The number of rotatable bonds is 36. The maximum absolute atomic E-state index is 4.27. The number of aryl methyl sites for hydroxylation is 1. The molecule has 0 radical (unpaired) electrons. The van der Waals surface area contributed by atoms with Gasteiger partial charge in [0, 0.05) is 18.4 Å². The third-order valence-corrected chi connectivity index (χ3v) is 10.7. The fourth-order valence-corrected chi connectivity index (χ4v) is 7.76. The summed E-state index contributed by atoms with van der Waals surface area (Å²) >= 11 is 0. The minimum Gasteiger partial charge on any atom is -1.00 e. The molecule has 0 atom stereocenters. The number of quaternary nitrogens is 1. The van der Waals surface area contributed by atoms with Crippen molar-refractivity contribution in [3.63, 3.8) is 0 Å². The van der Waals surface area contributed by atoms with Gasteiger partial charge in [0.05, 0.1) is 6.20 Å². The van der Waals surface area contributed by atoms with Crippen molar-refractivity contribution in [2.24, 2.45) is 0 Å². The highest BCUT2D eigenvalue weighted by molar-refractivity contribution is 5.32. The summed E-state index contributed by atoms with van der Waals surface area (Å²) in [6.45, 7) is 11.2. The molecule has 0 heterocycles. The molecule has 0 aliphatic rings. The minimum absolute atomic E-state index is 0. The van der Waals surface area contributed by atoms with Crippen LogP contribution in [-0.4, -0.2) is 0 Å². The van der Waals surface area contributed by atoms with Crippen LogP contribution in [0.1, 0.15) is 237 Å². The Hall–Kier alpha value is -0.790. The van der Waals surface area contributed by atoms with Gasteiger partial charge < -0.3 is 17.7 Å². The smallest absolute Gasteiger partial charge is 0.126 e. The Kier molecular flexibility index (Phi) is 34.5. The minimum atomic E-state index is 0. The van der Waals surface area contributed by atoms with Crippen molar-refractivity contribution in [1.82, 2.24) is 0 Å². The van der Waals surface area contributed by atoms with Gasteiger partial charge in [0.25, 0.3) is 0 Å². The molecule has 276 valence electrons. The SMILES string of the molecule is C=C[NH2+]C(CCCCCCCCCCCC)(CCCCCCCCCCCC)c1ccccc1CCCCCCCCCCCC.[Cl-]. The highest BCUT2D eigenvalue weighted by atomic mass is 35.5. The molecule has 0 saturated carbocycles. The van der Waals surface area contributed by atoms with Crippen LogP contribution in [0.3, 0.4) is 0 Å². The first-order chi connectivity index (χ1) is 22.7. The van der Waals surface area contributed by atoms with Crippen LogP contribution in [0.25, 0.3) is 0 Å². The third-order valence-electron chi connectivity index (χ3n) is 10.7. The van der Waals surface area contributed by atoms with Gasteiger partial charge in [0.1, 0.15) is 5.54 Å². The molecule has 1 nitrogen and oxygen atoms in total. The lowest BCUT2D eigenvalue weighted by Gasteiger charge is -2.33. The largest absolute Gasteiger partial charge is 1.00 e. The van der Waals surface area contributed by atoms with Gasteiger partial charge in [-0.1, -0.05) is 218 Å². The second-order valence-corrected chi connectivity index (χ2v) is 15.0. The van der Waals surface area contributed by atoms with Crippen molar-refractivity contribution >= 4 is 0 Å². The standard InChI is InChI=1S/C45H83N.ClH/c1-5-9-12-15-18-21-24-27-30-33-38-43-39-34-35-40-44(43)45(46-8-4,41-36-31-28-25-22-19-16-13-10-6-2)42-37-32-29-26-23-20-17-14-11-7-3;/h8,34-35,39-40,46H,4-7,9-33,36-38,41-42H2,1-3H3;1H. The first-order valence-corrected chi connectivity index (χ1v) is 21.3. The molecule has 1 aromatic rings. The number of unbranched alkanes of at least 4 members (excludes halogenated alkanes) is 27. The Morgan fingerprint density at radius 2 is 0.787 bits per heavy atom. The van der Waals surface area contributed by atoms with E-state index in [-0.39, 0.29) is 17.9 Å². The van der Waals surface area contributed by atoms with E-state index in [2.05, 4.69) is 63.1 Å². The lowest BCUT2D eigenvalue weighted by molar-refractivity contribution is -0.681. The number of benzene rings is 1. The average molecular weight is 675 g/mol. The van der Waals surface area contributed by atoms with Crippen molar-refractivity contribution in [1.29, 1.82) is 0 Å². The van der Waals surface area contributed by atoms with Crippen molar-refractivity contribution in [2.75, 3.05) is 0 Å². The molecule has 2 heteroatoms. The fourth-order valence-electron chi connectivity index (χ4n) is 7.76. The second kappa shape index (κ2) is 35.1. The zero-order chi connectivity index (χ0) is 33.2. The number of hydrogen-bond acceptors (Lipinski definition) is 0. The molecule has 47 heavy (non-hydrogen) atoms. The molecule has 1 rings (SSSR count). The van der Waals surface area contributed by atoms with Crippen molar-refractivity contribution in [2.45, 2.75) is 238 Å². The van der Waals surface area contributed by atoms with E-state index in [4.69, 9.17) is 0 Å². The number of nitrogens with two attached hydrogens (primary N) is 1. The van der Waals surface area contributed by atoms with E-state index in [1.165, 1.54) is 212 Å². The van der Waals surface area contributed by atoms with E-state index < -0.39 is 0 Å². The van der Waals surface area contributed by atoms with E-state index in [1.807, 2.05) is 0 Å². The fraction of sp³-hybridized carbons (Fsp3) is 0.822. The topological polar surface area (TPSA) is 16.6 Å². The maximum atomic E-state index is 4.27. The summed E-state index contributed by atoms with van der Waals surface area (Å²) in [6.07, 6.45) is 48.3. The van der Waals surface area contributed by atoms with Crippen LogP contribution in [0.4, 0.5) is 0 Å². The highest BCUT2D eigenvalue weighted by Crippen LogP contribution is 2.33. The van der Waals surface area contributed by atoms with Gasteiger partial charge in [-0.15, -0.1) is 0 Å². The van der Waals surface area contributed by atoms with Gasteiger partial charge >= 0.3 is 0 Å². The Labute approximate surface area is 303 Å². The Morgan fingerprint density at radius 1 is 0.468 bits per heavy atom. The van der Waals surface area contributed by atoms with Gasteiger partial charge in [-0.3, -0.25) is 0 Å². The average Bonchev–Trinajstić information content (AvgIpc) is 3.07. The van der Waals surface area contributed by atoms with E-state index >= 15 is 0 Å². The molecule has 1 aromatic carbocycles. The number of halogens is 1.